The maximum absolute atomic E-state index is 12.4. The van der Waals surface area contributed by atoms with Crippen molar-refractivity contribution < 1.29 is 8.42 Å². The fraction of sp³-hybridized carbons (Fsp3) is 0.0769. The Bertz CT molecular complexity index is 952. The molecule has 1 N–H and O–H groups in total. The van der Waals surface area contributed by atoms with Crippen molar-refractivity contribution in [1.29, 1.82) is 0 Å². The van der Waals surface area contributed by atoms with Crippen LogP contribution in [0.2, 0.25) is 10.2 Å². The van der Waals surface area contributed by atoms with Gasteiger partial charge >= 0.3 is 0 Å². The number of pyridine rings is 1. The molecule has 1 aromatic carbocycles. The van der Waals surface area contributed by atoms with E-state index in [1.807, 2.05) is 0 Å². The summed E-state index contributed by atoms with van der Waals surface area (Å²) in [5.74, 6) is 0.0815. The summed E-state index contributed by atoms with van der Waals surface area (Å²) in [4.78, 5) is 8.23. The van der Waals surface area contributed by atoms with Crippen molar-refractivity contribution in [2.24, 2.45) is 7.05 Å². The standard InChI is InChI=1S/C13H10Cl2N4O2S/c1-19-7-16-12-10(19)6-11(15)17-13(12)18-22(20,21)9-4-2-8(14)3-5-9/h2-7H,1H3,(H,17,18). The van der Waals surface area contributed by atoms with Gasteiger partial charge in [0.1, 0.15) is 10.7 Å². The average Bonchev–Trinajstić information content (AvgIpc) is 2.81. The van der Waals surface area contributed by atoms with E-state index in [4.69, 9.17) is 23.2 Å². The second-order valence-corrected chi connectivity index (χ2v) is 7.08. The molecule has 0 spiro atoms. The van der Waals surface area contributed by atoms with Crippen molar-refractivity contribution in [1.82, 2.24) is 14.5 Å². The molecule has 0 radical (unpaired) electrons. The van der Waals surface area contributed by atoms with Gasteiger partial charge in [-0.2, -0.15) is 0 Å². The van der Waals surface area contributed by atoms with Crippen molar-refractivity contribution in [3.05, 3.63) is 46.8 Å². The highest BCUT2D eigenvalue weighted by molar-refractivity contribution is 7.92. The summed E-state index contributed by atoms with van der Waals surface area (Å²) in [6.45, 7) is 0. The summed E-state index contributed by atoms with van der Waals surface area (Å²) in [5, 5.41) is 0.622. The minimum absolute atomic E-state index is 0.0720. The molecule has 3 rings (SSSR count). The lowest BCUT2D eigenvalue weighted by Crippen LogP contribution is -2.14. The Morgan fingerprint density at radius 2 is 1.86 bits per heavy atom. The first-order valence-electron chi connectivity index (χ1n) is 6.13. The Morgan fingerprint density at radius 1 is 1.18 bits per heavy atom. The Kier molecular flexibility index (Phi) is 3.72. The van der Waals surface area contributed by atoms with Crippen molar-refractivity contribution >= 4 is 50.1 Å². The topological polar surface area (TPSA) is 76.9 Å². The summed E-state index contributed by atoms with van der Waals surface area (Å²) in [6, 6.07) is 7.43. The van der Waals surface area contributed by atoms with Gasteiger partial charge in [0.15, 0.2) is 5.82 Å². The first kappa shape index (κ1) is 15.1. The average molecular weight is 357 g/mol. The smallest absolute Gasteiger partial charge is 0.263 e. The van der Waals surface area contributed by atoms with E-state index in [0.717, 1.165) is 0 Å². The van der Waals surface area contributed by atoms with E-state index >= 15 is 0 Å². The van der Waals surface area contributed by atoms with Crippen LogP contribution in [0.25, 0.3) is 11.0 Å². The highest BCUT2D eigenvalue weighted by Gasteiger charge is 2.18. The molecule has 6 nitrogen and oxygen atoms in total. The first-order chi connectivity index (χ1) is 10.4. The molecule has 0 atom stereocenters. The summed E-state index contributed by atoms with van der Waals surface area (Å²) >= 11 is 11.7. The maximum atomic E-state index is 12.4. The van der Waals surface area contributed by atoms with Crippen LogP contribution in [-0.4, -0.2) is 23.0 Å². The van der Waals surface area contributed by atoms with Gasteiger partial charge in [0.2, 0.25) is 0 Å². The quantitative estimate of drug-likeness (QED) is 0.731. The van der Waals surface area contributed by atoms with E-state index < -0.39 is 10.0 Å². The van der Waals surface area contributed by atoms with Crippen LogP contribution in [0.15, 0.2) is 41.6 Å². The van der Waals surface area contributed by atoms with Crippen LogP contribution in [0.3, 0.4) is 0 Å². The molecule has 0 unspecified atom stereocenters. The van der Waals surface area contributed by atoms with E-state index in [1.54, 1.807) is 24.0 Å². The van der Waals surface area contributed by atoms with Gasteiger partial charge in [-0.3, -0.25) is 4.72 Å². The summed E-state index contributed by atoms with van der Waals surface area (Å²) in [5.41, 5.74) is 1.10. The van der Waals surface area contributed by atoms with Gasteiger partial charge in [-0.1, -0.05) is 23.2 Å². The van der Waals surface area contributed by atoms with E-state index in [-0.39, 0.29) is 15.9 Å². The minimum atomic E-state index is -3.81. The number of imidazole rings is 1. The first-order valence-corrected chi connectivity index (χ1v) is 8.37. The number of sulfonamides is 1. The molecule has 3 aromatic rings. The zero-order valence-corrected chi connectivity index (χ0v) is 13.6. The Morgan fingerprint density at radius 3 is 2.55 bits per heavy atom. The summed E-state index contributed by atoms with van der Waals surface area (Å²) in [6.07, 6.45) is 1.56. The molecular formula is C13H10Cl2N4O2S. The SMILES string of the molecule is Cn1cnc2c(NS(=O)(=O)c3ccc(Cl)cc3)nc(Cl)cc21. The zero-order valence-electron chi connectivity index (χ0n) is 11.3. The lowest BCUT2D eigenvalue weighted by Gasteiger charge is -2.08. The number of hydrogen-bond acceptors (Lipinski definition) is 4. The van der Waals surface area contributed by atoms with Gasteiger partial charge < -0.3 is 4.57 Å². The van der Waals surface area contributed by atoms with Gasteiger partial charge in [-0.05, 0) is 24.3 Å². The summed E-state index contributed by atoms with van der Waals surface area (Å²) < 4.78 is 28.9. The van der Waals surface area contributed by atoms with Crippen molar-refractivity contribution in [3.8, 4) is 0 Å². The number of hydrogen-bond donors (Lipinski definition) is 1. The van der Waals surface area contributed by atoms with Gasteiger partial charge in [-0.25, -0.2) is 18.4 Å². The van der Waals surface area contributed by atoms with Crippen LogP contribution in [0.4, 0.5) is 5.82 Å². The normalized spacial score (nSPS) is 11.8. The molecule has 0 bridgehead atoms. The molecule has 2 aromatic heterocycles. The van der Waals surface area contributed by atoms with E-state index in [2.05, 4.69) is 14.7 Å². The number of aromatic nitrogens is 3. The van der Waals surface area contributed by atoms with Crippen LogP contribution in [0, 0.1) is 0 Å². The zero-order chi connectivity index (χ0) is 15.9. The Labute approximate surface area is 136 Å². The van der Waals surface area contributed by atoms with Gasteiger partial charge in [0.25, 0.3) is 10.0 Å². The maximum Gasteiger partial charge on any atom is 0.263 e. The number of nitrogens with zero attached hydrogens (tertiary/aromatic N) is 3. The molecule has 9 heteroatoms. The van der Waals surface area contributed by atoms with Crippen molar-refractivity contribution in [2.75, 3.05) is 4.72 Å². The highest BCUT2D eigenvalue weighted by Crippen LogP contribution is 2.25. The Balaban J connectivity index is 2.07. The molecule has 0 aliphatic carbocycles. The van der Waals surface area contributed by atoms with Gasteiger partial charge in [0, 0.05) is 18.1 Å². The van der Waals surface area contributed by atoms with Crippen LogP contribution < -0.4 is 4.72 Å². The number of fused-ring (bicyclic) bond motifs is 1. The fourth-order valence-corrected chi connectivity index (χ4v) is 3.29. The molecule has 0 saturated carbocycles. The van der Waals surface area contributed by atoms with Crippen LogP contribution in [0.1, 0.15) is 0 Å². The third-order valence-electron chi connectivity index (χ3n) is 3.04. The second-order valence-electron chi connectivity index (χ2n) is 4.58. The number of halogens is 2. The molecule has 22 heavy (non-hydrogen) atoms. The molecule has 0 saturated heterocycles. The van der Waals surface area contributed by atoms with E-state index in [0.29, 0.717) is 16.1 Å². The molecule has 0 fully saturated rings. The molecule has 0 amide bonds. The van der Waals surface area contributed by atoms with Gasteiger partial charge in [-0.15, -0.1) is 0 Å². The van der Waals surface area contributed by atoms with E-state index in [9.17, 15) is 8.42 Å². The number of nitrogens with one attached hydrogen (secondary N) is 1. The third kappa shape index (κ3) is 2.75. The van der Waals surface area contributed by atoms with Crippen LogP contribution in [0.5, 0.6) is 0 Å². The number of rotatable bonds is 3. The van der Waals surface area contributed by atoms with Crippen molar-refractivity contribution in [3.63, 3.8) is 0 Å². The third-order valence-corrected chi connectivity index (χ3v) is 4.84. The van der Waals surface area contributed by atoms with Crippen molar-refractivity contribution in [2.45, 2.75) is 4.90 Å². The fourth-order valence-electron chi connectivity index (χ4n) is 1.97. The molecule has 0 aliphatic rings. The lowest BCUT2D eigenvalue weighted by atomic mass is 10.4. The van der Waals surface area contributed by atoms with E-state index in [1.165, 1.54) is 24.3 Å². The number of aryl methyl sites for hydroxylation is 1. The van der Waals surface area contributed by atoms with Crippen LogP contribution >= 0.6 is 23.2 Å². The predicted molar refractivity (Wildman–Crippen MR) is 85.8 cm³/mol. The predicted octanol–water partition coefficient (Wildman–Crippen LogP) is 3.08. The molecule has 114 valence electrons. The largest absolute Gasteiger partial charge is 0.334 e. The lowest BCUT2D eigenvalue weighted by molar-refractivity contribution is 0.601. The number of anilines is 1. The molecule has 2 heterocycles. The monoisotopic (exact) mass is 356 g/mol. The highest BCUT2D eigenvalue weighted by atomic mass is 35.5. The Hall–Kier alpha value is -1.83. The summed E-state index contributed by atoms with van der Waals surface area (Å²) in [7, 11) is -2.03. The second kappa shape index (κ2) is 5.42. The minimum Gasteiger partial charge on any atom is -0.334 e. The molecule has 0 aliphatic heterocycles. The van der Waals surface area contributed by atoms with Crippen LogP contribution in [-0.2, 0) is 17.1 Å². The molecular weight excluding hydrogens is 347 g/mol. The number of benzene rings is 1. The van der Waals surface area contributed by atoms with Gasteiger partial charge in [0.05, 0.1) is 16.7 Å².